The number of pyridine rings is 1. The van der Waals surface area contributed by atoms with Gasteiger partial charge in [0.05, 0.1) is 11.9 Å². The van der Waals surface area contributed by atoms with Gasteiger partial charge in [-0.1, -0.05) is 0 Å². The van der Waals surface area contributed by atoms with Crippen molar-refractivity contribution < 1.29 is 9.90 Å². The number of nitrogens with zero attached hydrogens (tertiary/aromatic N) is 2. The SMILES string of the molecule is CC(O)NN(C(N)=O)c1cccnc1. The standard InChI is InChI=1S/C8H12N4O2/c1-6(13)11-12(8(9)14)7-3-2-4-10-5-7/h2-6,11,13H,1H3,(H2,9,14). The molecular weight excluding hydrogens is 184 g/mol. The number of aliphatic hydroxyl groups is 1. The van der Waals surface area contributed by atoms with Crippen molar-refractivity contribution in [3.8, 4) is 0 Å². The molecule has 0 aromatic carbocycles. The molecule has 6 heteroatoms. The number of aliphatic hydroxyl groups excluding tert-OH is 1. The number of nitrogens with one attached hydrogen (secondary N) is 1. The molecule has 1 heterocycles. The first-order valence-corrected chi connectivity index (χ1v) is 4.05. The summed E-state index contributed by atoms with van der Waals surface area (Å²) in [6.45, 7) is 1.48. The molecule has 0 saturated carbocycles. The molecule has 6 nitrogen and oxygen atoms in total. The summed E-state index contributed by atoms with van der Waals surface area (Å²) in [5.41, 5.74) is 8.05. The maximum absolute atomic E-state index is 11.0. The Labute approximate surface area is 81.3 Å². The van der Waals surface area contributed by atoms with E-state index < -0.39 is 12.3 Å². The van der Waals surface area contributed by atoms with E-state index in [0.717, 1.165) is 5.01 Å². The number of urea groups is 1. The molecule has 0 aliphatic heterocycles. The van der Waals surface area contributed by atoms with Crippen LogP contribution in [0.25, 0.3) is 0 Å². The second-order valence-corrected chi connectivity index (χ2v) is 2.69. The van der Waals surface area contributed by atoms with Gasteiger partial charge in [0.15, 0.2) is 0 Å². The lowest BCUT2D eigenvalue weighted by Crippen LogP contribution is -2.50. The normalized spacial score (nSPS) is 12.1. The van der Waals surface area contributed by atoms with E-state index in [1.54, 1.807) is 18.3 Å². The maximum Gasteiger partial charge on any atom is 0.334 e. The second-order valence-electron chi connectivity index (χ2n) is 2.69. The molecule has 0 saturated heterocycles. The van der Waals surface area contributed by atoms with Crippen LogP contribution in [0.5, 0.6) is 0 Å². The topological polar surface area (TPSA) is 91.5 Å². The molecule has 0 spiro atoms. The van der Waals surface area contributed by atoms with Crippen LogP contribution in [0, 0.1) is 0 Å². The van der Waals surface area contributed by atoms with Gasteiger partial charge >= 0.3 is 6.03 Å². The number of hydrazine groups is 1. The van der Waals surface area contributed by atoms with E-state index in [1.165, 1.54) is 13.1 Å². The molecule has 0 fully saturated rings. The average molecular weight is 196 g/mol. The molecule has 1 unspecified atom stereocenters. The Morgan fingerprint density at radius 2 is 2.50 bits per heavy atom. The third-order valence-electron chi connectivity index (χ3n) is 1.44. The first kappa shape index (κ1) is 10.4. The Balaban J connectivity index is 2.84. The molecule has 1 atom stereocenters. The van der Waals surface area contributed by atoms with E-state index in [4.69, 9.17) is 10.8 Å². The lowest BCUT2D eigenvalue weighted by Gasteiger charge is -2.22. The fraction of sp³-hybridized carbons (Fsp3) is 0.250. The van der Waals surface area contributed by atoms with E-state index in [-0.39, 0.29) is 0 Å². The number of aromatic nitrogens is 1. The van der Waals surface area contributed by atoms with E-state index in [1.807, 2.05) is 0 Å². The fourth-order valence-electron chi connectivity index (χ4n) is 0.938. The highest BCUT2D eigenvalue weighted by molar-refractivity contribution is 5.89. The summed E-state index contributed by atoms with van der Waals surface area (Å²) in [4.78, 5) is 14.8. The van der Waals surface area contributed by atoms with Gasteiger partial charge in [0.2, 0.25) is 0 Å². The highest BCUT2D eigenvalue weighted by Gasteiger charge is 2.13. The fourth-order valence-corrected chi connectivity index (χ4v) is 0.938. The Kier molecular flexibility index (Phi) is 3.38. The lowest BCUT2D eigenvalue weighted by molar-refractivity contribution is 0.153. The number of carbonyl (C=O) groups is 1. The van der Waals surface area contributed by atoms with Crippen molar-refractivity contribution in [2.24, 2.45) is 5.73 Å². The zero-order chi connectivity index (χ0) is 10.6. The van der Waals surface area contributed by atoms with E-state index >= 15 is 0 Å². The van der Waals surface area contributed by atoms with Crippen molar-refractivity contribution in [3.63, 3.8) is 0 Å². The lowest BCUT2D eigenvalue weighted by atomic mass is 10.4. The Morgan fingerprint density at radius 1 is 1.79 bits per heavy atom. The van der Waals surface area contributed by atoms with Crippen molar-refractivity contribution in [3.05, 3.63) is 24.5 Å². The second kappa shape index (κ2) is 4.54. The van der Waals surface area contributed by atoms with Crippen LogP contribution >= 0.6 is 0 Å². The van der Waals surface area contributed by atoms with Gasteiger partial charge < -0.3 is 10.8 Å². The number of hydrogen-bond acceptors (Lipinski definition) is 4. The van der Waals surface area contributed by atoms with E-state index in [2.05, 4.69) is 10.4 Å². The number of nitrogens with two attached hydrogens (primary N) is 1. The van der Waals surface area contributed by atoms with Crippen LogP contribution in [0.2, 0.25) is 0 Å². The molecule has 0 radical (unpaired) electrons. The Hall–Kier alpha value is -1.66. The van der Waals surface area contributed by atoms with E-state index in [9.17, 15) is 4.79 Å². The quantitative estimate of drug-likeness (QED) is 0.461. The summed E-state index contributed by atoms with van der Waals surface area (Å²) >= 11 is 0. The molecule has 1 aromatic heterocycles. The summed E-state index contributed by atoms with van der Waals surface area (Å²) in [6, 6.07) is 2.60. The van der Waals surface area contributed by atoms with Crippen LogP contribution in [-0.4, -0.2) is 22.3 Å². The minimum atomic E-state index is -0.872. The monoisotopic (exact) mass is 196 g/mol. The predicted octanol–water partition coefficient (Wildman–Crippen LogP) is -0.190. The zero-order valence-electron chi connectivity index (χ0n) is 7.71. The molecular formula is C8H12N4O2. The summed E-state index contributed by atoms with van der Waals surface area (Å²) in [5, 5.41) is 10.1. The van der Waals surface area contributed by atoms with E-state index in [0.29, 0.717) is 5.69 Å². The number of amides is 2. The van der Waals surface area contributed by atoms with Crippen molar-refractivity contribution in [2.45, 2.75) is 13.2 Å². The summed E-state index contributed by atoms with van der Waals surface area (Å²) in [5.74, 6) is 0. The molecule has 0 aliphatic carbocycles. The zero-order valence-corrected chi connectivity index (χ0v) is 7.71. The summed E-state index contributed by atoms with van der Waals surface area (Å²) < 4.78 is 0. The highest BCUT2D eigenvalue weighted by Crippen LogP contribution is 2.08. The smallest absolute Gasteiger partial charge is 0.334 e. The Bertz CT molecular complexity index is 301. The number of anilines is 1. The van der Waals surface area contributed by atoms with Gasteiger partial charge in [-0.2, -0.15) is 5.43 Å². The number of hydrogen-bond donors (Lipinski definition) is 3. The third-order valence-corrected chi connectivity index (χ3v) is 1.44. The number of carbonyl (C=O) groups excluding carboxylic acids is 1. The largest absolute Gasteiger partial charge is 0.377 e. The Morgan fingerprint density at radius 3 is 2.93 bits per heavy atom. The molecule has 0 bridgehead atoms. The van der Waals surface area contributed by atoms with Crippen LogP contribution in [0.3, 0.4) is 0 Å². The highest BCUT2D eigenvalue weighted by atomic mass is 16.3. The summed E-state index contributed by atoms with van der Waals surface area (Å²) in [7, 11) is 0. The molecule has 0 aliphatic rings. The first-order chi connectivity index (χ1) is 6.61. The van der Waals surface area contributed by atoms with Gasteiger partial charge in [-0.3, -0.25) is 4.98 Å². The molecule has 14 heavy (non-hydrogen) atoms. The maximum atomic E-state index is 11.0. The molecule has 2 amide bonds. The van der Waals surface area contributed by atoms with Gasteiger partial charge in [0.25, 0.3) is 0 Å². The molecule has 4 N–H and O–H groups in total. The van der Waals surface area contributed by atoms with Crippen LogP contribution in [0.15, 0.2) is 24.5 Å². The van der Waals surface area contributed by atoms with Gasteiger partial charge in [-0.15, -0.1) is 0 Å². The third kappa shape index (κ3) is 2.68. The number of primary amides is 1. The van der Waals surface area contributed by atoms with Crippen LogP contribution < -0.4 is 16.2 Å². The summed E-state index contributed by atoms with van der Waals surface area (Å²) in [6.07, 6.45) is 2.16. The van der Waals surface area contributed by atoms with Crippen molar-refractivity contribution >= 4 is 11.7 Å². The molecule has 76 valence electrons. The minimum Gasteiger partial charge on any atom is -0.377 e. The average Bonchev–Trinajstić information content (AvgIpc) is 2.15. The number of rotatable bonds is 3. The van der Waals surface area contributed by atoms with Gasteiger partial charge in [-0.25, -0.2) is 9.80 Å². The van der Waals surface area contributed by atoms with Gasteiger partial charge in [0.1, 0.15) is 6.23 Å². The predicted molar refractivity (Wildman–Crippen MR) is 51.1 cm³/mol. The van der Waals surface area contributed by atoms with Crippen LogP contribution in [-0.2, 0) is 0 Å². The van der Waals surface area contributed by atoms with Gasteiger partial charge in [-0.05, 0) is 19.1 Å². The van der Waals surface area contributed by atoms with Crippen LogP contribution in [0.1, 0.15) is 6.92 Å². The van der Waals surface area contributed by atoms with Crippen molar-refractivity contribution in [1.29, 1.82) is 0 Å². The van der Waals surface area contributed by atoms with Crippen molar-refractivity contribution in [2.75, 3.05) is 5.01 Å². The molecule has 1 rings (SSSR count). The van der Waals surface area contributed by atoms with Crippen molar-refractivity contribution in [1.82, 2.24) is 10.4 Å². The first-order valence-electron chi connectivity index (χ1n) is 4.05. The molecule has 1 aromatic rings. The minimum absolute atomic E-state index is 0.473. The van der Waals surface area contributed by atoms with Gasteiger partial charge in [0, 0.05) is 6.20 Å². The van der Waals surface area contributed by atoms with Crippen LogP contribution in [0.4, 0.5) is 10.5 Å².